The number of likely N-dealkylation sites (tertiary alicyclic amines) is 1. The lowest BCUT2D eigenvalue weighted by molar-refractivity contribution is 0.0312. The minimum atomic E-state index is -0.0747. The lowest BCUT2D eigenvalue weighted by Crippen LogP contribution is -2.54. The van der Waals surface area contributed by atoms with E-state index in [4.69, 9.17) is 14.2 Å². The zero-order valence-electron chi connectivity index (χ0n) is 14.6. The van der Waals surface area contributed by atoms with Crippen LogP contribution in [0.3, 0.4) is 0 Å². The number of methoxy groups -OCH3 is 2. The Morgan fingerprint density at radius 1 is 1.35 bits per heavy atom. The van der Waals surface area contributed by atoms with Crippen molar-refractivity contribution in [3.05, 3.63) is 46.1 Å². The Morgan fingerprint density at radius 2 is 2.13 bits per heavy atom. The summed E-state index contributed by atoms with van der Waals surface area (Å²) in [5.41, 5.74) is 4.18. The van der Waals surface area contributed by atoms with Crippen molar-refractivity contribution in [2.45, 2.75) is 38.8 Å². The number of nitrogens with zero attached hydrogens (tertiary/aromatic N) is 1. The van der Waals surface area contributed by atoms with E-state index in [1.54, 1.807) is 14.2 Å². The van der Waals surface area contributed by atoms with Gasteiger partial charge in [0.25, 0.3) is 0 Å². The second kappa shape index (κ2) is 4.91. The van der Waals surface area contributed by atoms with Crippen LogP contribution in [0.5, 0.6) is 0 Å². The molecule has 2 bridgehead atoms. The molecule has 124 valence electrons. The fourth-order valence-corrected chi connectivity index (χ4v) is 4.93. The molecule has 4 aliphatic rings. The van der Waals surface area contributed by atoms with Crippen LogP contribution in [0.4, 0.5) is 0 Å². The highest BCUT2D eigenvalue weighted by atomic mass is 16.6. The van der Waals surface area contributed by atoms with E-state index in [1.807, 2.05) is 6.92 Å². The molecule has 0 aromatic heterocycles. The van der Waals surface area contributed by atoms with Gasteiger partial charge in [-0.1, -0.05) is 11.6 Å². The van der Waals surface area contributed by atoms with E-state index in [9.17, 15) is 0 Å². The molecule has 2 aliphatic heterocycles. The van der Waals surface area contributed by atoms with Crippen LogP contribution in [-0.2, 0) is 14.2 Å². The Hall–Kier alpha value is -1.68. The van der Waals surface area contributed by atoms with E-state index in [0.717, 1.165) is 36.7 Å². The minimum Gasteiger partial charge on any atom is -0.498 e. The molecule has 2 fully saturated rings. The van der Waals surface area contributed by atoms with Gasteiger partial charge in [0.2, 0.25) is 0 Å². The monoisotopic (exact) mass is 315 g/mol. The van der Waals surface area contributed by atoms with Gasteiger partial charge >= 0.3 is 0 Å². The first kappa shape index (κ1) is 14.9. The van der Waals surface area contributed by atoms with Gasteiger partial charge in [0.15, 0.2) is 11.9 Å². The van der Waals surface area contributed by atoms with Crippen molar-refractivity contribution in [2.75, 3.05) is 27.8 Å². The fraction of sp³-hybridized carbons (Fsp3) is 0.579. The molecule has 0 aromatic rings. The first-order valence-corrected chi connectivity index (χ1v) is 8.33. The van der Waals surface area contributed by atoms with Gasteiger partial charge in [-0.25, -0.2) is 0 Å². The summed E-state index contributed by atoms with van der Waals surface area (Å²) in [5, 5.41) is 0. The topological polar surface area (TPSA) is 30.9 Å². The molecule has 0 amide bonds. The third-order valence-corrected chi connectivity index (χ3v) is 6.10. The third kappa shape index (κ3) is 1.70. The van der Waals surface area contributed by atoms with Crippen LogP contribution < -0.4 is 0 Å². The first-order valence-electron chi connectivity index (χ1n) is 8.33. The lowest BCUT2D eigenvalue weighted by atomic mass is 9.57. The van der Waals surface area contributed by atoms with Crippen LogP contribution >= 0.6 is 0 Å². The second-order valence-electron chi connectivity index (χ2n) is 7.06. The quantitative estimate of drug-likeness (QED) is 0.733. The van der Waals surface area contributed by atoms with Gasteiger partial charge < -0.3 is 14.2 Å². The number of likely N-dealkylation sites (N-methyl/N-ethyl adjacent to an activating group) is 1. The maximum Gasteiger partial charge on any atom is 0.169 e. The van der Waals surface area contributed by atoms with Crippen LogP contribution in [0.15, 0.2) is 46.1 Å². The Kier molecular flexibility index (Phi) is 3.17. The number of hydrogen-bond donors (Lipinski definition) is 0. The van der Waals surface area contributed by atoms with Gasteiger partial charge in [-0.2, -0.15) is 0 Å². The molecule has 0 aromatic carbocycles. The maximum absolute atomic E-state index is 6.46. The highest BCUT2D eigenvalue weighted by molar-refractivity contribution is 5.59. The van der Waals surface area contributed by atoms with Crippen molar-refractivity contribution < 1.29 is 14.2 Å². The van der Waals surface area contributed by atoms with E-state index >= 15 is 0 Å². The number of allylic oxidation sites excluding steroid dienone is 4. The summed E-state index contributed by atoms with van der Waals surface area (Å²) in [4.78, 5) is 2.48. The summed E-state index contributed by atoms with van der Waals surface area (Å²) in [6.45, 7) is 5.32. The highest BCUT2D eigenvalue weighted by Gasteiger charge is 2.62. The molecular weight excluding hydrogens is 290 g/mol. The summed E-state index contributed by atoms with van der Waals surface area (Å²) >= 11 is 0. The maximum atomic E-state index is 6.46. The second-order valence-corrected chi connectivity index (χ2v) is 7.06. The Morgan fingerprint density at radius 3 is 2.83 bits per heavy atom. The summed E-state index contributed by atoms with van der Waals surface area (Å²) in [5.74, 6) is 2.70. The normalized spacial score (nSPS) is 37.6. The molecule has 23 heavy (non-hydrogen) atoms. The summed E-state index contributed by atoms with van der Waals surface area (Å²) in [6, 6.07) is 0.468. The third-order valence-electron chi connectivity index (χ3n) is 6.10. The molecule has 2 aliphatic carbocycles. The molecule has 4 nitrogen and oxygen atoms in total. The average molecular weight is 315 g/mol. The Bertz CT molecular complexity index is 685. The first-order chi connectivity index (χ1) is 11.0. The van der Waals surface area contributed by atoms with Gasteiger partial charge in [-0.3, -0.25) is 4.90 Å². The van der Waals surface area contributed by atoms with Crippen LogP contribution in [0, 0.1) is 5.41 Å². The molecule has 0 N–H and O–H groups in total. The summed E-state index contributed by atoms with van der Waals surface area (Å²) < 4.78 is 17.7. The smallest absolute Gasteiger partial charge is 0.169 e. The van der Waals surface area contributed by atoms with Crippen molar-refractivity contribution in [1.82, 2.24) is 4.90 Å². The molecular formula is C19H25NO3. The van der Waals surface area contributed by atoms with Crippen LogP contribution in [0.1, 0.15) is 26.7 Å². The van der Waals surface area contributed by atoms with E-state index in [-0.39, 0.29) is 11.5 Å². The number of ether oxygens (including phenoxy) is 3. The number of rotatable bonds is 2. The van der Waals surface area contributed by atoms with E-state index in [2.05, 4.69) is 31.0 Å². The highest BCUT2D eigenvalue weighted by Crippen LogP contribution is 2.63. The molecule has 4 heteroatoms. The lowest BCUT2D eigenvalue weighted by Gasteiger charge is -2.52. The van der Waals surface area contributed by atoms with Gasteiger partial charge in [0.05, 0.1) is 19.6 Å². The Balaban J connectivity index is 2.00. The largest absolute Gasteiger partial charge is 0.498 e. The molecule has 3 atom stereocenters. The molecule has 0 radical (unpaired) electrons. The van der Waals surface area contributed by atoms with Gasteiger partial charge in [0, 0.05) is 11.6 Å². The van der Waals surface area contributed by atoms with Crippen molar-refractivity contribution in [3.63, 3.8) is 0 Å². The zero-order chi connectivity index (χ0) is 16.4. The molecule has 0 saturated carbocycles. The molecule has 1 spiro atoms. The van der Waals surface area contributed by atoms with E-state index < -0.39 is 0 Å². The predicted molar refractivity (Wildman–Crippen MR) is 88.5 cm³/mol. The van der Waals surface area contributed by atoms with Crippen LogP contribution in [0.2, 0.25) is 0 Å². The van der Waals surface area contributed by atoms with Gasteiger partial charge in [-0.05, 0) is 51.9 Å². The number of piperidine rings is 1. The summed E-state index contributed by atoms with van der Waals surface area (Å²) in [6.07, 6.45) is 6.43. The SMILES string of the molecule is COC1=CC=C2C3CC(C)=C4C(=C(C)OC)OC1C24CCN3C. The standard InChI is InChI=1S/C19H25NO3/c1-11-10-14-13-6-7-15(22-5)18-19(13,8-9-20(14)3)16(11)17(23-18)12(2)21-4/h6-7,14,18H,8-10H2,1-5H3. The van der Waals surface area contributed by atoms with E-state index in [0.29, 0.717) is 6.04 Å². The van der Waals surface area contributed by atoms with Crippen LogP contribution in [0.25, 0.3) is 0 Å². The van der Waals surface area contributed by atoms with Crippen LogP contribution in [-0.4, -0.2) is 44.9 Å². The van der Waals surface area contributed by atoms with E-state index in [1.165, 1.54) is 16.7 Å². The van der Waals surface area contributed by atoms with Crippen molar-refractivity contribution in [3.8, 4) is 0 Å². The average Bonchev–Trinajstić information content (AvgIpc) is 2.90. The fourth-order valence-electron chi connectivity index (χ4n) is 4.93. The number of hydrogen-bond acceptors (Lipinski definition) is 4. The Labute approximate surface area is 138 Å². The van der Waals surface area contributed by atoms with Crippen molar-refractivity contribution >= 4 is 0 Å². The molecule has 4 rings (SSSR count). The molecule has 2 saturated heterocycles. The predicted octanol–water partition coefficient (Wildman–Crippen LogP) is 3.14. The molecule has 3 unspecified atom stereocenters. The van der Waals surface area contributed by atoms with Gasteiger partial charge in [-0.15, -0.1) is 0 Å². The summed E-state index contributed by atoms with van der Waals surface area (Å²) in [7, 11) is 5.68. The molecule has 2 heterocycles. The van der Waals surface area contributed by atoms with Crippen molar-refractivity contribution in [1.29, 1.82) is 0 Å². The zero-order valence-corrected chi connectivity index (χ0v) is 14.6. The van der Waals surface area contributed by atoms with Gasteiger partial charge in [0.1, 0.15) is 11.5 Å². The minimum absolute atomic E-state index is 0.0611. The van der Waals surface area contributed by atoms with Crippen molar-refractivity contribution in [2.24, 2.45) is 5.41 Å².